The minimum absolute atomic E-state index is 0.00131. The number of rotatable bonds is 7. The molecule has 0 radical (unpaired) electrons. The van der Waals surface area contributed by atoms with Crippen molar-refractivity contribution >= 4 is 17.9 Å². The fourth-order valence-electron chi connectivity index (χ4n) is 2.23. The lowest BCUT2D eigenvalue weighted by atomic mass is 10.1. The molecule has 26 heavy (non-hydrogen) atoms. The zero-order valence-corrected chi connectivity index (χ0v) is 14.3. The van der Waals surface area contributed by atoms with Crippen LogP contribution in [0.5, 0.6) is 5.75 Å². The van der Waals surface area contributed by atoms with Gasteiger partial charge in [0.05, 0.1) is 6.04 Å². The number of carbonyl (C=O) groups excluding carboxylic acids is 2. The molecule has 1 atom stereocenters. The lowest BCUT2D eigenvalue weighted by molar-refractivity contribution is -0.120. The zero-order valence-electron chi connectivity index (χ0n) is 14.3. The molecule has 1 unspecified atom stereocenters. The van der Waals surface area contributed by atoms with Gasteiger partial charge >= 0.3 is 0 Å². The molecule has 0 aliphatic heterocycles. The normalized spacial score (nSPS) is 11.9. The van der Waals surface area contributed by atoms with Crippen LogP contribution in [0.4, 0.5) is 0 Å². The average Bonchev–Trinajstić information content (AvgIpc) is 2.65. The van der Waals surface area contributed by atoms with Gasteiger partial charge in [-0.15, -0.1) is 0 Å². The summed E-state index contributed by atoms with van der Waals surface area (Å²) >= 11 is 0. The number of nitriles is 1. The van der Waals surface area contributed by atoms with Gasteiger partial charge in [-0.1, -0.05) is 42.5 Å². The summed E-state index contributed by atoms with van der Waals surface area (Å²) in [6.07, 6.45) is 1.49. The van der Waals surface area contributed by atoms with Crippen molar-refractivity contribution in [2.24, 2.45) is 5.73 Å². The van der Waals surface area contributed by atoms with Gasteiger partial charge in [-0.2, -0.15) is 5.26 Å². The van der Waals surface area contributed by atoms with Crippen LogP contribution in [0.25, 0.3) is 6.08 Å². The molecule has 6 heteroatoms. The van der Waals surface area contributed by atoms with Gasteiger partial charge in [0.25, 0.3) is 11.8 Å². The maximum Gasteiger partial charge on any atom is 0.262 e. The number of carbonyl (C=O) groups is 2. The van der Waals surface area contributed by atoms with E-state index in [1.165, 1.54) is 6.08 Å². The SMILES string of the molecule is CC(NC(=O)C(C#N)=Cc1ccc(OCC(N)=O)cc1)c1ccccc1. The lowest BCUT2D eigenvalue weighted by Gasteiger charge is -2.13. The minimum Gasteiger partial charge on any atom is -0.484 e. The van der Waals surface area contributed by atoms with E-state index in [0.717, 1.165) is 5.56 Å². The Morgan fingerprint density at radius 3 is 2.42 bits per heavy atom. The third-order valence-corrected chi connectivity index (χ3v) is 3.58. The van der Waals surface area contributed by atoms with Gasteiger partial charge in [0.1, 0.15) is 17.4 Å². The van der Waals surface area contributed by atoms with Crippen LogP contribution < -0.4 is 15.8 Å². The van der Waals surface area contributed by atoms with Gasteiger partial charge in [0.2, 0.25) is 0 Å². The monoisotopic (exact) mass is 349 g/mol. The van der Waals surface area contributed by atoms with E-state index >= 15 is 0 Å². The molecule has 2 amide bonds. The number of nitrogens with zero attached hydrogens (tertiary/aromatic N) is 1. The molecule has 0 saturated carbocycles. The number of primary amides is 1. The second-order valence-electron chi connectivity index (χ2n) is 5.60. The van der Waals surface area contributed by atoms with Gasteiger partial charge in [-0.25, -0.2) is 0 Å². The quantitative estimate of drug-likeness (QED) is 0.591. The third kappa shape index (κ3) is 5.49. The Hall–Kier alpha value is -3.59. The van der Waals surface area contributed by atoms with Crippen molar-refractivity contribution in [3.63, 3.8) is 0 Å². The summed E-state index contributed by atoms with van der Waals surface area (Å²) in [6.45, 7) is 1.64. The number of amides is 2. The first-order chi connectivity index (χ1) is 12.5. The van der Waals surface area contributed by atoms with Crippen LogP contribution in [0, 0.1) is 11.3 Å². The molecule has 3 N–H and O–H groups in total. The number of ether oxygens (including phenoxy) is 1. The van der Waals surface area contributed by atoms with Crippen LogP contribution in [0.2, 0.25) is 0 Å². The average molecular weight is 349 g/mol. The molecule has 2 aromatic carbocycles. The van der Waals surface area contributed by atoms with Crippen LogP contribution in [0.1, 0.15) is 24.1 Å². The fraction of sp³-hybridized carbons (Fsp3) is 0.150. The van der Waals surface area contributed by atoms with Crippen LogP contribution in [-0.4, -0.2) is 18.4 Å². The van der Waals surface area contributed by atoms with Gasteiger partial charge in [0.15, 0.2) is 6.61 Å². The molecule has 0 heterocycles. The van der Waals surface area contributed by atoms with Crippen LogP contribution in [0.3, 0.4) is 0 Å². The first-order valence-electron chi connectivity index (χ1n) is 7.98. The Morgan fingerprint density at radius 1 is 1.19 bits per heavy atom. The first kappa shape index (κ1) is 18.7. The summed E-state index contributed by atoms with van der Waals surface area (Å²) in [5.41, 5.74) is 6.63. The van der Waals surface area contributed by atoms with Crippen molar-refractivity contribution in [1.82, 2.24) is 5.32 Å². The molecule has 2 aromatic rings. The van der Waals surface area contributed by atoms with E-state index in [-0.39, 0.29) is 18.2 Å². The van der Waals surface area contributed by atoms with E-state index < -0.39 is 11.8 Å². The molecule has 132 valence electrons. The number of nitrogens with two attached hydrogens (primary N) is 1. The summed E-state index contributed by atoms with van der Waals surface area (Å²) < 4.78 is 5.16. The van der Waals surface area contributed by atoms with Crippen molar-refractivity contribution in [3.8, 4) is 11.8 Å². The van der Waals surface area contributed by atoms with Gasteiger partial charge in [-0.3, -0.25) is 9.59 Å². The second kappa shape index (κ2) is 9.04. The Morgan fingerprint density at radius 2 is 1.85 bits per heavy atom. The molecular weight excluding hydrogens is 330 g/mol. The summed E-state index contributed by atoms with van der Waals surface area (Å²) in [5.74, 6) is -0.538. The number of benzene rings is 2. The van der Waals surface area contributed by atoms with Gasteiger partial charge in [0, 0.05) is 0 Å². The van der Waals surface area contributed by atoms with E-state index in [4.69, 9.17) is 10.5 Å². The zero-order chi connectivity index (χ0) is 18.9. The number of hydrogen-bond acceptors (Lipinski definition) is 4. The van der Waals surface area contributed by atoms with Gasteiger partial charge in [-0.05, 0) is 36.3 Å². The van der Waals surface area contributed by atoms with Gasteiger partial charge < -0.3 is 15.8 Å². The highest BCUT2D eigenvalue weighted by atomic mass is 16.5. The number of nitrogens with one attached hydrogen (secondary N) is 1. The van der Waals surface area contributed by atoms with E-state index in [2.05, 4.69) is 5.32 Å². The molecule has 6 nitrogen and oxygen atoms in total. The minimum atomic E-state index is -0.565. The van der Waals surface area contributed by atoms with E-state index in [1.54, 1.807) is 24.3 Å². The molecule has 0 spiro atoms. The van der Waals surface area contributed by atoms with Crippen molar-refractivity contribution in [2.75, 3.05) is 6.61 Å². The Labute approximate surface area is 151 Å². The third-order valence-electron chi connectivity index (χ3n) is 3.58. The highest BCUT2D eigenvalue weighted by Crippen LogP contribution is 2.16. The van der Waals surface area contributed by atoms with Crippen molar-refractivity contribution in [3.05, 3.63) is 71.3 Å². The Bertz CT molecular complexity index is 837. The second-order valence-corrected chi connectivity index (χ2v) is 5.60. The first-order valence-corrected chi connectivity index (χ1v) is 7.98. The summed E-state index contributed by atoms with van der Waals surface area (Å²) in [5, 5.41) is 12.1. The predicted octanol–water partition coefficient (Wildman–Crippen LogP) is 2.34. The van der Waals surface area contributed by atoms with Crippen LogP contribution in [0.15, 0.2) is 60.2 Å². The highest BCUT2D eigenvalue weighted by molar-refractivity contribution is 6.01. The smallest absolute Gasteiger partial charge is 0.262 e. The van der Waals surface area contributed by atoms with Crippen molar-refractivity contribution < 1.29 is 14.3 Å². The molecule has 0 aromatic heterocycles. The van der Waals surface area contributed by atoms with Crippen molar-refractivity contribution in [2.45, 2.75) is 13.0 Å². The van der Waals surface area contributed by atoms with Crippen molar-refractivity contribution in [1.29, 1.82) is 5.26 Å². The standard InChI is InChI=1S/C20H19N3O3/c1-14(16-5-3-2-4-6-16)23-20(25)17(12-21)11-15-7-9-18(10-8-15)26-13-19(22)24/h2-11,14H,13H2,1H3,(H2,22,24)(H,23,25). The fourth-order valence-corrected chi connectivity index (χ4v) is 2.23. The topological polar surface area (TPSA) is 105 Å². The summed E-state index contributed by atoms with van der Waals surface area (Å²) in [7, 11) is 0. The molecule has 2 rings (SSSR count). The number of hydrogen-bond donors (Lipinski definition) is 2. The maximum atomic E-state index is 12.3. The maximum absolute atomic E-state index is 12.3. The van der Waals surface area contributed by atoms with E-state index in [1.807, 2.05) is 43.3 Å². The van der Waals surface area contributed by atoms with Crippen LogP contribution in [-0.2, 0) is 9.59 Å². The summed E-state index contributed by atoms with van der Waals surface area (Å²) in [4.78, 5) is 23.0. The highest BCUT2D eigenvalue weighted by Gasteiger charge is 2.13. The molecule has 0 aliphatic rings. The van der Waals surface area contributed by atoms with E-state index in [9.17, 15) is 14.9 Å². The molecule has 0 aliphatic carbocycles. The molecule has 0 fully saturated rings. The Balaban J connectivity index is 2.05. The predicted molar refractivity (Wildman–Crippen MR) is 97.7 cm³/mol. The molecular formula is C20H19N3O3. The Kier molecular flexibility index (Phi) is 6.52. The largest absolute Gasteiger partial charge is 0.484 e. The lowest BCUT2D eigenvalue weighted by Crippen LogP contribution is -2.27. The van der Waals surface area contributed by atoms with E-state index in [0.29, 0.717) is 11.3 Å². The van der Waals surface area contributed by atoms with Crippen LogP contribution >= 0.6 is 0 Å². The molecule has 0 saturated heterocycles. The molecule has 0 bridgehead atoms. The summed E-state index contributed by atoms with van der Waals surface area (Å²) in [6, 6.07) is 17.8.